The Bertz CT molecular complexity index is 1420. The van der Waals surface area contributed by atoms with E-state index in [1.54, 1.807) is 48.8 Å². The molecule has 1 atom stereocenters. The molecule has 0 fully saturated rings. The second-order valence-electron chi connectivity index (χ2n) is 7.85. The van der Waals surface area contributed by atoms with Crippen molar-refractivity contribution in [3.05, 3.63) is 90.6 Å². The van der Waals surface area contributed by atoms with E-state index in [1.807, 2.05) is 43.3 Å². The molecule has 0 amide bonds. The molecule has 1 aromatic heterocycles. The maximum Gasteiger partial charge on any atom is 0.338 e. The number of phenolic OH excluding ortho intramolecular Hbond substituents is 1. The van der Waals surface area contributed by atoms with Crippen molar-refractivity contribution < 1.29 is 14.6 Å². The number of fused-ring (bicyclic) bond motifs is 1. The maximum absolute atomic E-state index is 13.5. The van der Waals surface area contributed by atoms with Crippen molar-refractivity contribution in [3.63, 3.8) is 0 Å². The van der Waals surface area contributed by atoms with Crippen LogP contribution in [-0.4, -0.2) is 36.3 Å². The van der Waals surface area contributed by atoms with Gasteiger partial charge in [-0.15, -0.1) is 0 Å². The second-order valence-corrected chi connectivity index (χ2v) is 8.86. The quantitative estimate of drug-likeness (QED) is 0.588. The summed E-state index contributed by atoms with van der Waals surface area (Å²) in [6.45, 7) is 3.73. The molecule has 1 aliphatic heterocycles. The molecule has 0 saturated heterocycles. The van der Waals surface area contributed by atoms with Crippen molar-refractivity contribution in [2.75, 3.05) is 25.6 Å². The van der Waals surface area contributed by atoms with Gasteiger partial charge in [0.05, 0.1) is 28.5 Å². The molecule has 0 saturated carbocycles. The predicted molar refractivity (Wildman–Crippen MR) is 129 cm³/mol. The van der Waals surface area contributed by atoms with Crippen molar-refractivity contribution >= 4 is 29.1 Å². The van der Waals surface area contributed by atoms with Crippen LogP contribution >= 0.6 is 11.3 Å². The first-order valence-corrected chi connectivity index (χ1v) is 11.4. The van der Waals surface area contributed by atoms with Gasteiger partial charge in [-0.3, -0.25) is 9.36 Å². The van der Waals surface area contributed by atoms with E-state index >= 15 is 0 Å². The Morgan fingerprint density at radius 2 is 1.91 bits per heavy atom. The number of carbonyl (C=O) groups is 1. The number of benzene rings is 2. The number of phenols is 1. The van der Waals surface area contributed by atoms with Crippen molar-refractivity contribution in [1.82, 2.24) is 4.57 Å². The van der Waals surface area contributed by atoms with Gasteiger partial charge in [0.25, 0.3) is 5.56 Å². The Labute approximate surface area is 195 Å². The number of aromatic nitrogens is 1. The maximum atomic E-state index is 13.5. The highest BCUT2D eigenvalue weighted by atomic mass is 32.1. The molecule has 33 heavy (non-hydrogen) atoms. The summed E-state index contributed by atoms with van der Waals surface area (Å²) >= 11 is 1.23. The van der Waals surface area contributed by atoms with E-state index in [0.717, 1.165) is 11.3 Å². The van der Waals surface area contributed by atoms with Crippen LogP contribution in [0.25, 0.3) is 6.08 Å². The molecule has 1 aliphatic rings. The van der Waals surface area contributed by atoms with Gasteiger partial charge in [0, 0.05) is 25.3 Å². The molecule has 0 spiro atoms. The van der Waals surface area contributed by atoms with Gasteiger partial charge >= 0.3 is 5.97 Å². The molecule has 2 heterocycles. The number of esters is 1. The number of allylic oxidation sites excluding steroid dienone is 1. The lowest BCUT2D eigenvalue weighted by atomic mass is 9.95. The van der Waals surface area contributed by atoms with Crippen molar-refractivity contribution in [1.29, 1.82) is 0 Å². The predicted octanol–water partition coefficient (Wildman–Crippen LogP) is 2.57. The fraction of sp³-hybridized carbons (Fsp3) is 0.240. The van der Waals surface area contributed by atoms with Gasteiger partial charge in [-0.25, -0.2) is 9.79 Å². The van der Waals surface area contributed by atoms with Gasteiger partial charge in [-0.2, -0.15) is 0 Å². The fourth-order valence-electron chi connectivity index (χ4n) is 3.81. The summed E-state index contributed by atoms with van der Waals surface area (Å²) in [5.41, 5.74) is 2.91. The van der Waals surface area contributed by atoms with Gasteiger partial charge in [0.15, 0.2) is 4.80 Å². The largest absolute Gasteiger partial charge is 0.507 e. The normalized spacial score (nSPS) is 15.8. The van der Waals surface area contributed by atoms with Crippen LogP contribution in [0.5, 0.6) is 5.75 Å². The standard InChI is InChI=1S/C25H25N3O4S/c1-5-32-24(31)21-15(2)26-25-28(22(21)16-10-12-18(13-11-16)27(3)4)23(30)20(33-25)14-17-8-6-7-9-19(17)29/h6-14,22,29H,5H2,1-4H3/b20-14+/t22-/m0/s1. The summed E-state index contributed by atoms with van der Waals surface area (Å²) in [7, 11) is 3.90. The second kappa shape index (κ2) is 9.07. The third-order valence-electron chi connectivity index (χ3n) is 5.47. The molecule has 7 nitrogen and oxygen atoms in total. The van der Waals surface area contributed by atoms with E-state index in [4.69, 9.17) is 4.74 Å². The Kier molecular flexibility index (Phi) is 6.20. The SMILES string of the molecule is CCOC(=O)C1=C(C)N=c2s/c(=C/c3ccccc3O)c(=O)n2[C@H]1c1ccc(N(C)C)cc1. The highest BCUT2D eigenvalue weighted by Gasteiger charge is 2.33. The third-order valence-corrected chi connectivity index (χ3v) is 6.45. The highest BCUT2D eigenvalue weighted by Crippen LogP contribution is 2.31. The van der Waals surface area contributed by atoms with Crippen LogP contribution in [0, 0.1) is 0 Å². The van der Waals surface area contributed by atoms with Crippen LogP contribution < -0.4 is 19.8 Å². The Hall–Kier alpha value is -3.65. The first-order valence-electron chi connectivity index (χ1n) is 10.6. The lowest BCUT2D eigenvalue weighted by Crippen LogP contribution is -2.39. The fourth-order valence-corrected chi connectivity index (χ4v) is 4.85. The lowest BCUT2D eigenvalue weighted by Gasteiger charge is -2.25. The molecule has 4 rings (SSSR count). The number of nitrogens with zero attached hydrogens (tertiary/aromatic N) is 3. The Morgan fingerprint density at radius 1 is 1.21 bits per heavy atom. The topological polar surface area (TPSA) is 84.1 Å². The number of rotatable bonds is 5. The van der Waals surface area contributed by atoms with E-state index in [0.29, 0.717) is 26.2 Å². The monoisotopic (exact) mass is 463 g/mol. The van der Waals surface area contributed by atoms with Gasteiger partial charge in [0.1, 0.15) is 5.75 Å². The number of aromatic hydroxyl groups is 1. The minimum atomic E-state index is -0.664. The van der Waals surface area contributed by atoms with Crippen molar-refractivity contribution in [2.24, 2.45) is 4.99 Å². The molecule has 3 aromatic rings. The zero-order chi connectivity index (χ0) is 23.7. The van der Waals surface area contributed by atoms with E-state index < -0.39 is 12.0 Å². The minimum absolute atomic E-state index is 0.0857. The number of thiazole rings is 1. The van der Waals surface area contributed by atoms with Gasteiger partial charge in [0.2, 0.25) is 0 Å². The van der Waals surface area contributed by atoms with Gasteiger partial charge in [-0.1, -0.05) is 41.7 Å². The zero-order valence-corrected chi connectivity index (χ0v) is 19.7. The molecule has 0 radical (unpaired) electrons. The van der Waals surface area contributed by atoms with Crippen LogP contribution in [0.3, 0.4) is 0 Å². The molecule has 0 unspecified atom stereocenters. The van der Waals surface area contributed by atoms with Gasteiger partial charge in [-0.05, 0) is 43.7 Å². The number of carbonyl (C=O) groups excluding carboxylic acids is 1. The lowest BCUT2D eigenvalue weighted by molar-refractivity contribution is -0.139. The average Bonchev–Trinajstić information content (AvgIpc) is 3.09. The molecule has 0 aliphatic carbocycles. The van der Waals surface area contributed by atoms with Gasteiger partial charge < -0.3 is 14.7 Å². The average molecular weight is 464 g/mol. The molecule has 170 valence electrons. The summed E-state index contributed by atoms with van der Waals surface area (Å²) in [4.78, 5) is 33.5. The number of hydrogen-bond acceptors (Lipinski definition) is 7. The summed E-state index contributed by atoms with van der Waals surface area (Å²) in [5.74, 6) is -0.405. The van der Waals surface area contributed by atoms with Crippen molar-refractivity contribution in [2.45, 2.75) is 19.9 Å². The zero-order valence-electron chi connectivity index (χ0n) is 18.9. The molecular formula is C25H25N3O4S. The molecule has 1 N–H and O–H groups in total. The first-order chi connectivity index (χ1) is 15.8. The van der Waals surface area contributed by atoms with E-state index in [2.05, 4.69) is 4.99 Å². The molecule has 2 aromatic carbocycles. The number of para-hydroxylation sites is 1. The van der Waals surface area contributed by atoms with Crippen LogP contribution in [0.4, 0.5) is 5.69 Å². The van der Waals surface area contributed by atoms with E-state index in [1.165, 1.54) is 11.3 Å². The Balaban J connectivity index is 1.95. The van der Waals surface area contributed by atoms with Crippen LogP contribution in [0.15, 0.2) is 69.6 Å². The number of hydrogen-bond donors (Lipinski definition) is 1. The van der Waals surface area contributed by atoms with Crippen LogP contribution in [-0.2, 0) is 9.53 Å². The smallest absolute Gasteiger partial charge is 0.338 e. The highest BCUT2D eigenvalue weighted by molar-refractivity contribution is 7.07. The summed E-state index contributed by atoms with van der Waals surface area (Å²) in [6.07, 6.45) is 1.65. The minimum Gasteiger partial charge on any atom is -0.507 e. The third kappa shape index (κ3) is 4.21. The number of ether oxygens (including phenoxy) is 1. The number of anilines is 1. The summed E-state index contributed by atoms with van der Waals surface area (Å²) in [5, 5.41) is 10.1. The van der Waals surface area contributed by atoms with Crippen LogP contribution in [0.2, 0.25) is 0 Å². The van der Waals surface area contributed by atoms with Crippen molar-refractivity contribution in [3.8, 4) is 5.75 Å². The first kappa shape index (κ1) is 22.5. The summed E-state index contributed by atoms with van der Waals surface area (Å²) < 4.78 is 7.28. The molecular weight excluding hydrogens is 438 g/mol. The molecule has 0 bridgehead atoms. The summed E-state index contributed by atoms with van der Waals surface area (Å²) in [6, 6.07) is 13.9. The van der Waals surface area contributed by atoms with E-state index in [9.17, 15) is 14.7 Å². The van der Waals surface area contributed by atoms with Crippen LogP contribution in [0.1, 0.15) is 31.0 Å². The Morgan fingerprint density at radius 3 is 2.55 bits per heavy atom. The molecule has 8 heteroatoms. The van der Waals surface area contributed by atoms with E-state index in [-0.39, 0.29) is 17.9 Å².